The fourth-order valence-corrected chi connectivity index (χ4v) is 4.43. The molecule has 31 heavy (non-hydrogen) atoms. The first-order valence-electron chi connectivity index (χ1n) is 10.2. The lowest BCUT2D eigenvalue weighted by Gasteiger charge is -2.27. The molecule has 2 aliphatic heterocycles. The van der Waals surface area contributed by atoms with Crippen molar-refractivity contribution in [2.45, 2.75) is 44.3 Å². The van der Waals surface area contributed by atoms with Gasteiger partial charge in [0.1, 0.15) is 12.2 Å². The van der Waals surface area contributed by atoms with Crippen LogP contribution in [0.2, 0.25) is 0 Å². The predicted molar refractivity (Wildman–Crippen MR) is 109 cm³/mol. The normalized spacial score (nSPS) is 19.8. The summed E-state index contributed by atoms with van der Waals surface area (Å²) in [4.78, 5) is 0. The highest BCUT2D eigenvalue weighted by atomic mass is 19.1. The van der Waals surface area contributed by atoms with Crippen LogP contribution in [-0.4, -0.2) is 40.6 Å². The molecule has 0 spiro atoms. The first-order valence-corrected chi connectivity index (χ1v) is 10.2. The number of hydrogen-bond acceptors (Lipinski definition) is 6. The monoisotopic (exact) mass is 436 g/mol. The number of fused-ring (bicyclic) bond motifs is 6. The molecule has 4 rings (SSSR count). The molecule has 2 unspecified atom stereocenters. The summed E-state index contributed by atoms with van der Waals surface area (Å²) in [6.07, 6.45) is 1.76. The molecule has 2 aliphatic rings. The smallest absolute Gasteiger partial charge is 0.169 e. The maximum Gasteiger partial charge on any atom is 0.169 e. The molecule has 0 fully saturated rings. The van der Waals surface area contributed by atoms with E-state index in [9.17, 15) is 0 Å². The molecule has 2 atom stereocenters. The molecule has 168 valence electrons. The third-order valence-electron chi connectivity index (χ3n) is 5.83. The van der Waals surface area contributed by atoms with Crippen LogP contribution in [0, 0.1) is 11.6 Å². The van der Waals surface area contributed by atoms with Crippen LogP contribution in [0.4, 0.5) is 8.78 Å². The molecule has 2 heterocycles. The van der Waals surface area contributed by atoms with Crippen molar-refractivity contribution in [3.05, 3.63) is 34.9 Å². The number of hydrogen-bond donors (Lipinski definition) is 0. The fourth-order valence-electron chi connectivity index (χ4n) is 4.43. The van der Waals surface area contributed by atoms with Gasteiger partial charge in [0.2, 0.25) is 0 Å². The van der Waals surface area contributed by atoms with E-state index < -0.39 is 23.8 Å². The third-order valence-corrected chi connectivity index (χ3v) is 5.83. The Morgan fingerprint density at radius 2 is 1.13 bits per heavy atom. The number of rotatable bonds is 4. The summed E-state index contributed by atoms with van der Waals surface area (Å²) in [7, 11) is 5.89. The van der Waals surface area contributed by atoms with Crippen LogP contribution in [0.25, 0.3) is 0 Å². The maximum absolute atomic E-state index is 15.1. The Balaban J connectivity index is 1.89. The molecule has 0 aliphatic carbocycles. The molecule has 0 aromatic heterocycles. The average molecular weight is 436 g/mol. The summed E-state index contributed by atoms with van der Waals surface area (Å²) in [6.45, 7) is 0. The molecule has 2 bridgehead atoms. The lowest BCUT2D eigenvalue weighted by atomic mass is 10.0. The largest absolute Gasteiger partial charge is 0.493 e. The quantitative estimate of drug-likeness (QED) is 0.705. The van der Waals surface area contributed by atoms with Crippen LogP contribution in [-0.2, 0) is 12.8 Å². The second-order valence-corrected chi connectivity index (χ2v) is 7.62. The van der Waals surface area contributed by atoms with E-state index in [1.54, 1.807) is 0 Å². The van der Waals surface area contributed by atoms with Gasteiger partial charge in [0.05, 0.1) is 28.4 Å². The zero-order valence-electron chi connectivity index (χ0n) is 18.1. The van der Waals surface area contributed by atoms with E-state index in [1.165, 1.54) is 40.6 Å². The Morgan fingerprint density at radius 1 is 0.710 bits per heavy atom. The summed E-state index contributed by atoms with van der Waals surface area (Å²) in [5.74, 6) is 0.473. The third kappa shape index (κ3) is 3.79. The van der Waals surface area contributed by atoms with Crippen LogP contribution < -0.4 is 28.4 Å². The lowest BCUT2D eigenvalue weighted by molar-refractivity contribution is 0.174. The molecule has 0 saturated carbocycles. The Hall–Kier alpha value is -2.90. The molecule has 0 radical (unpaired) electrons. The minimum atomic E-state index is -0.539. The van der Waals surface area contributed by atoms with Gasteiger partial charge in [-0.3, -0.25) is 0 Å². The zero-order chi connectivity index (χ0) is 22.1. The Kier molecular flexibility index (Phi) is 5.98. The molecule has 0 N–H and O–H groups in total. The molecular weight excluding hydrogens is 410 g/mol. The highest BCUT2D eigenvalue weighted by Crippen LogP contribution is 2.46. The molecule has 2 aromatic carbocycles. The van der Waals surface area contributed by atoms with Crippen molar-refractivity contribution in [1.82, 2.24) is 0 Å². The standard InChI is InChI=1S/C23H26F2O6/c1-26-18-10-16(24)20-14(22(18)28-3)8-12-6-5-7-13(30-20)9-15-21(31-12)17(25)11-19(27-2)23(15)29-4/h10-13H,5-9H2,1-4H3. The minimum absolute atomic E-state index is 0.115. The van der Waals surface area contributed by atoms with E-state index in [1.807, 2.05) is 0 Å². The van der Waals surface area contributed by atoms with Gasteiger partial charge < -0.3 is 28.4 Å². The number of halogens is 2. The summed E-state index contributed by atoms with van der Waals surface area (Å²) in [6, 6.07) is 2.51. The summed E-state index contributed by atoms with van der Waals surface area (Å²) >= 11 is 0. The van der Waals surface area contributed by atoms with Crippen LogP contribution in [0.1, 0.15) is 30.4 Å². The van der Waals surface area contributed by atoms with Crippen molar-refractivity contribution < 1.29 is 37.2 Å². The summed E-state index contributed by atoms with van der Waals surface area (Å²) in [5, 5.41) is 0. The van der Waals surface area contributed by atoms with E-state index >= 15 is 8.78 Å². The van der Waals surface area contributed by atoms with Gasteiger partial charge in [0.25, 0.3) is 0 Å². The van der Waals surface area contributed by atoms with E-state index in [2.05, 4.69) is 0 Å². The number of methoxy groups -OCH3 is 4. The Morgan fingerprint density at radius 3 is 1.48 bits per heavy atom. The molecule has 2 aromatic rings. The highest BCUT2D eigenvalue weighted by molar-refractivity contribution is 5.57. The van der Waals surface area contributed by atoms with Crippen molar-refractivity contribution in [3.63, 3.8) is 0 Å². The van der Waals surface area contributed by atoms with Gasteiger partial charge >= 0.3 is 0 Å². The fraction of sp³-hybridized carbons (Fsp3) is 0.478. The predicted octanol–water partition coefficient (Wildman–Crippen LogP) is 4.48. The number of benzene rings is 2. The second-order valence-electron chi connectivity index (χ2n) is 7.62. The molecule has 0 saturated heterocycles. The highest BCUT2D eigenvalue weighted by Gasteiger charge is 2.34. The minimum Gasteiger partial charge on any atom is -0.493 e. The summed E-state index contributed by atoms with van der Waals surface area (Å²) in [5.41, 5.74) is 1.03. The first kappa shape index (κ1) is 21.3. The Bertz CT molecular complexity index is 900. The van der Waals surface area contributed by atoms with Crippen LogP contribution in [0.3, 0.4) is 0 Å². The van der Waals surface area contributed by atoms with Crippen molar-refractivity contribution in [2.24, 2.45) is 0 Å². The van der Waals surface area contributed by atoms with Crippen LogP contribution >= 0.6 is 0 Å². The van der Waals surface area contributed by atoms with Crippen molar-refractivity contribution in [2.75, 3.05) is 28.4 Å². The number of ether oxygens (including phenoxy) is 6. The molecular formula is C23H26F2O6. The molecule has 8 heteroatoms. The van der Waals surface area contributed by atoms with Crippen molar-refractivity contribution >= 4 is 0 Å². The zero-order valence-corrected chi connectivity index (χ0v) is 18.1. The van der Waals surface area contributed by atoms with Gasteiger partial charge in [-0.1, -0.05) is 0 Å². The maximum atomic E-state index is 15.1. The second kappa shape index (κ2) is 8.69. The van der Waals surface area contributed by atoms with E-state index in [-0.39, 0.29) is 35.8 Å². The van der Waals surface area contributed by atoms with E-state index in [0.717, 1.165) is 6.42 Å². The van der Waals surface area contributed by atoms with Gasteiger partial charge in [-0.25, -0.2) is 8.78 Å². The lowest BCUT2D eigenvalue weighted by Crippen LogP contribution is -2.24. The SMILES string of the molecule is COc1cc(F)c2c(c1OC)CC1CCCC(Cc3c(c(F)cc(OC)c3OC)O1)O2. The van der Waals surface area contributed by atoms with Gasteiger partial charge in [-0.05, 0) is 19.3 Å². The molecule has 0 amide bonds. The molecule has 6 nitrogen and oxygen atoms in total. The first-order chi connectivity index (χ1) is 15.0. The average Bonchev–Trinajstić information content (AvgIpc) is 2.91. The van der Waals surface area contributed by atoms with Gasteiger partial charge in [0.15, 0.2) is 46.1 Å². The topological polar surface area (TPSA) is 55.4 Å². The van der Waals surface area contributed by atoms with Gasteiger partial charge in [0, 0.05) is 36.1 Å². The Labute approximate surface area is 180 Å². The van der Waals surface area contributed by atoms with Crippen LogP contribution in [0.5, 0.6) is 34.5 Å². The van der Waals surface area contributed by atoms with Crippen molar-refractivity contribution in [3.8, 4) is 34.5 Å². The van der Waals surface area contributed by atoms with E-state index in [0.29, 0.717) is 35.5 Å². The van der Waals surface area contributed by atoms with Gasteiger partial charge in [-0.15, -0.1) is 0 Å². The van der Waals surface area contributed by atoms with Crippen LogP contribution in [0.15, 0.2) is 12.1 Å². The van der Waals surface area contributed by atoms with E-state index in [4.69, 9.17) is 28.4 Å². The van der Waals surface area contributed by atoms with Gasteiger partial charge in [-0.2, -0.15) is 0 Å². The summed E-state index contributed by atoms with van der Waals surface area (Å²) < 4.78 is 64.2. The van der Waals surface area contributed by atoms with Crippen molar-refractivity contribution in [1.29, 1.82) is 0 Å².